The molecule has 0 heterocycles. The molecule has 1 N–H and O–H groups in total. The van der Waals surface area contributed by atoms with Crippen molar-refractivity contribution in [2.45, 2.75) is 6.42 Å². The average Bonchev–Trinajstić information content (AvgIpc) is 2.17. The van der Waals surface area contributed by atoms with Crippen molar-refractivity contribution in [1.82, 2.24) is 0 Å². The standard InChI is InChI=1S/C9H7NO5/c11-5-6-1-2-7(4-9(12)13)8(3-6)10(14)15/h1-3,5H,4H2,(H,12,13). The second-order valence-electron chi connectivity index (χ2n) is 2.83. The number of nitro benzene ring substituents is 1. The molecule has 0 radical (unpaired) electrons. The molecule has 0 saturated heterocycles. The summed E-state index contributed by atoms with van der Waals surface area (Å²) in [5.74, 6) is -1.16. The quantitative estimate of drug-likeness (QED) is 0.453. The van der Waals surface area contributed by atoms with Crippen LogP contribution in [0.25, 0.3) is 0 Å². The molecule has 0 bridgehead atoms. The number of aldehydes is 1. The molecule has 1 rings (SSSR count). The number of carboxylic acid groups (broad SMARTS) is 1. The van der Waals surface area contributed by atoms with Gasteiger partial charge in [-0.3, -0.25) is 19.7 Å². The van der Waals surface area contributed by atoms with Crippen molar-refractivity contribution in [3.63, 3.8) is 0 Å². The van der Waals surface area contributed by atoms with Gasteiger partial charge in [0.15, 0.2) is 0 Å². The Morgan fingerprint density at radius 2 is 2.20 bits per heavy atom. The van der Waals surface area contributed by atoms with E-state index in [0.717, 1.165) is 6.07 Å². The Morgan fingerprint density at radius 1 is 1.53 bits per heavy atom. The first-order valence-electron chi connectivity index (χ1n) is 3.99. The number of nitro groups is 1. The second-order valence-corrected chi connectivity index (χ2v) is 2.83. The van der Waals surface area contributed by atoms with E-state index in [1.165, 1.54) is 12.1 Å². The smallest absolute Gasteiger partial charge is 0.308 e. The predicted molar refractivity (Wildman–Crippen MR) is 49.8 cm³/mol. The number of benzene rings is 1. The molecule has 15 heavy (non-hydrogen) atoms. The third-order valence-electron chi connectivity index (χ3n) is 1.78. The van der Waals surface area contributed by atoms with Gasteiger partial charge in [-0.05, 0) is 0 Å². The molecule has 0 amide bonds. The molecule has 1 aromatic rings. The summed E-state index contributed by atoms with van der Waals surface area (Å²) in [6.45, 7) is 0. The van der Waals surface area contributed by atoms with Crippen LogP contribution in [0, 0.1) is 10.1 Å². The summed E-state index contributed by atoms with van der Waals surface area (Å²) in [4.78, 5) is 30.6. The van der Waals surface area contributed by atoms with E-state index in [2.05, 4.69) is 0 Å². The minimum atomic E-state index is -1.16. The third kappa shape index (κ3) is 2.60. The normalized spacial score (nSPS) is 9.60. The van der Waals surface area contributed by atoms with E-state index in [0.29, 0.717) is 6.29 Å². The molecule has 0 aromatic heterocycles. The lowest BCUT2D eigenvalue weighted by molar-refractivity contribution is -0.385. The largest absolute Gasteiger partial charge is 0.481 e. The number of carbonyl (C=O) groups is 2. The van der Waals surface area contributed by atoms with Crippen molar-refractivity contribution >= 4 is 17.9 Å². The maximum atomic E-state index is 10.6. The molecule has 6 nitrogen and oxygen atoms in total. The van der Waals surface area contributed by atoms with Crippen LogP contribution >= 0.6 is 0 Å². The molecule has 78 valence electrons. The van der Waals surface area contributed by atoms with E-state index in [-0.39, 0.29) is 16.8 Å². The van der Waals surface area contributed by atoms with Gasteiger partial charge < -0.3 is 5.11 Å². The molecule has 0 spiro atoms. The van der Waals surface area contributed by atoms with Gasteiger partial charge >= 0.3 is 5.97 Å². The van der Waals surface area contributed by atoms with E-state index in [1.54, 1.807) is 0 Å². The summed E-state index contributed by atoms with van der Waals surface area (Å²) in [6, 6.07) is 3.68. The van der Waals surface area contributed by atoms with Crippen molar-refractivity contribution in [3.05, 3.63) is 39.4 Å². The van der Waals surface area contributed by atoms with Gasteiger partial charge in [0, 0.05) is 17.2 Å². The van der Waals surface area contributed by atoms with Crippen molar-refractivity contribution in [1.29, 1.82) is 0 Å². The van der Waals surface area contributed by atoms with Gasteiger partial charge in [0.1, 0.15) is 6.29 Å². The molecule has 0 saturated carbocycles. The first-order valence-corrected chi connectivity index (χ1v) is 3.99. The summed E-state index contributed by atoms with van der Waals surface area (Å²) < 4.78 is 0. The van der Waals surface area contributed by atoms with Crippen LogP contribution in [0.15, 0.2) is 18.2 Å². The molecule has 6 heteroatoms. The fraction of sp³-hybridized carbons (Fsp3) is 0.111. The highest BCUT2D eigenvalue weighted by Gasteiger charge is 2.16. The summed E-state index contributed by atoms with van der Waals surface area (Å²) in [5.41, 5.74) is -0.115. The van der Waals surface area contributed by atoms with Crippen LogP contribution in [0.3, 0.4) is 0 Å². The van der Waals surface area contributed by atoms with Crippen LogP contribution in [-0.4, -0.2) is 22.3 Å². The Hall–Kier alpha value is -2.24. The van der Waals surface area contributed by atoms with Gasteiger partial charge in [-0.1, -0.05) is 12.1 Å². The first kappa shape index (κ1) is 10.8. The fourth-order valence-electron chi connectivity index (χ4n) is 1.14. The summed E-state index contributed by atoms with van der Waals surface area (Å²) in [7, 11) is 0. The van der Waals surface area contributed by atoms with Gasteiger partial charge in [-0.15, -0.1) is 0 Å². The van der Waals surface area contributed by atoms with E-state index in [1.807, 2.05) is 0 Å². The van der Waals surface area contributed by atoms with Crippen LogP contribution in [0.2, 0.25) is 0 Å². The Balaban J connectivity index is 3.20. The monoisotopic (exact) mass is 209 g/mol. The van der Waals surface area contributed by atoms with Crippen LogP contribution in [-0.2, 0) is 11.2 Å². The van der Waals surface area contributed by atoms with Gasteiger partial charge in [-0.2, -0.15) is 0 Å². The minimum absolute atomic E-state index is 0.0816. The molecule has 0 atom stereocenters. The highest BCUT2D eigenvalue weighted by molar-refractivity contribution is 5.78. The second kappa shape index (κ2) is 4.32. The van der Waals surface area contributed by atoms with Crippen molar-refractivity contribution in [2.75, 3.05) is 0 Å². The molecule has 0 aliphatic carbocycles. The zero-order chi connectivity index (χ0) is 11.4. The van der Waals surface area contributed by atoms with Crippen LogP contribution in [0.1, 0.15) is 15.9 Å². The number of carbonyl (C=O) groups excluding carboxylic acids is 1. The number of hydrogen-bond donors (Lipinski definition) is 1. The topological polar surface area (TPSA) is 97.5 Å². The lowest BCUT2D eigenvalue weighted by atomic mass is 10.1. The Labute approximate surface area is 84.3 Å². The van der Waals surface area contributed by atoms with Crippen LogP contribution in [0.4, 0.5) is 5.69 Å². The van der Waals surface area contributed by atoms with Gasteiger partial charge in [0.2, 0.25) is 0 Å². The number of aliphatic carboxylic acids is 1. The predicted octanol–water partition coefficient (Wildman–Crippen LogP) is 1.03. The molecular formula is C9H7NO5. The van der Waals surface area contributed by atoms with Gasteiger partial charge in [0.25, 0.3) is 5.69 Å². The van der Waals surface area contributed by atoms with Crippen LogP contribution in [0.5, 0.6) is 0 Å². The summed E-state index contributed by atoms with van der Waals surface area (Å²) >= 11 is 0. The first-order chi connectivity index (χ1) is 7.04. The molecule has 0 fully saturated rings. The van der Waals surface area contributed by atoms with Crippen LogP contribution < -0.4 is 0 Å². The van der Waals surface area contributed by atoms with E-state index in [4.69, 9.17) is 5.11 Å². The Morgan fingerprint density at radius 3 is 2.67 bits per heavy atom. The number of carboxylic acids is 1. The highest BCUT2D eigenvalue weighted by atomic mass is 16.6. The lowest BCUT2D eigenvalue weighted by Gasteiger charge is -2.00. The highest BCUT2D eigenvalue weighted by Crippen LogP contribution is 2.20. The van der Waals surface area contributed by atoms with Crippen molar-refractivity contribution in [3.8, 4) is 0 Å². The number of nitrogens with zero attached hydrogens (tertiary/aromatic N) is 1. The maximum absolute atomic E-state index is 10.6. The van der Waals surface area contributed by atoms with E-state index >= 15 is 0 Å². The average molecular weight is 209 g/mol. The lowest BCUT2D eigenvalue weighted by Crippen LogP contribution is -2.04. The SMILES string of the molecule is O=Cc1ccc(CC(=O)O)c([N+](=O)[O-])c1. The van der Waals surface area contributed by atoms with E-state index < -0.39 is 17.3 Å². The zero-order valence-electron chi connectivity index (χ0n) is 7.54. The maximum Gasteiger partial charge on any atom is 0.308 e. The molecule has 0 aliphatic rings. The number of hydrogen-bond acceptors (Lipinski definition) is 4. The minimum Gasteiger partial charge on any atom is -0.481 e. The molecular weight excluding hydrogens is 202 g/mol. The van der Waals surface area contributed by atoms with Gasteiger partial charge in [-0.25, -0.2) is 0 Å². The van der Waals surface area contributed by atoms with Crippen molar-refractivity contribution < 1.29 is 19.6 Å². The third-order valence-corrected chi connectivity index (χ3v) is 1.78. The Bertz CT molecular complexity index is 427. The van der Waals surface area contributed by atoms with Crippen molar-refractivity contribution in [2.24, 2.45) is 0 Å². The van der Waals surface area contributed by atoms with Gasteiger partial charge in [0.05, 0.1) is 11.3 Å². The zero-order valence-corrected chi connectivity index (χ0v) is 7.54. The molecule has 1 aromatic carbocycles. The Kier molecular flexibility index (Phi) is 3.12. The van der Waals surface area contributed by atoms with E-state index in [9.17, 15) is 19.7 Å². The fourth-order valence-corrected chi connectivity index (χ4v) is 1.14. The summed E-state index contributed by atoms with van der Waals surface area (Å²) in [6.07, 6.45) is 0.0347. The molecule has 0 unspecified atom stereocenters. The summed E-state index contributed by atoms with van der Waals surface area (Å²) in [5, 5.41) is 19.1. The molecule has 0 aliphatic heterocycles. The number of rotatable bonds is 4.